The maximum atomic E-state index is 2.46. The molecule has 0 saturated heterocycles. The van der Waals surface area contributed by atoms with Gasteiger partial charge in [-0.15, -0.1) is 0 Å². The molecule has 0 saturated carbocycles. The molecule has 0 amide bonds. The third-order valence-electron chi connectivity index (χ3n) is 7.27. The second-order valence-electron chi connectivity index (χ2n) is 9.16. The predicted octanol–water partition coefficient (Wildman–Crippen LogP) is 8.22. The van der Waals surface area contributed by atoms with Crippen LogP contribution >= 0.6 is 0 Å². The molecule has 156 valence electrons. The van der Waals surface area contributed by atoms with Gasteiger partial charge in [-0.25, -0.2) is 0 Å². The molecule has 0 atom stereocenters. The van der Waals surface area contributed by atoms with Gasteiger partial charge < -0.3 is 0 Å². The van der Waals surface area contributed by atoms with Gasteiger partial charge in [-0.1, -0.05) is 0 Å². The molecule has 2 aliphatic rings. The summed E-state index contributed by atoms with van der Waals surface area (Å²) < 4.78 is 2.09. The molecule has 0 N–H and O–H groups in total. The van der Waals surface area contributed by atoms with E-state index in [4.69, 9.17) is 0 Å². The fourth-order valence-corrected chi connectivity index (χ4v) is 10.2. The Morgan fingerprint density at radius 2 is 1.12 bits per heavy atom. The van der Waals surface area contributed by atoms with E-state index in [2.05, 4.69) is 91.9 Å². The number of benzene rings is 4. The zero-order chi connectivity index (χ0) is 21.5. The van der Waals surface area contributed by atoms with Crippen molar-refractivity contribution < 1.29 is 23.2 Å². The van der Waals surface area contributed by atoms with E-state index < -0.39 is 23.2 Å². The van der Waals surface area contributed by atoms with E-state index in [-0.39, 0.29) is 0 Å². The van der Waals surface area contributed by atoms with Crippen molar-refractivity contribution in [3.63, 3.8) is 0 Å². The molecule has 2 aliphatic carbocycles. The Morgan fingerprint density at radius 3 is 1.66 bits per heavy atom. The molecular weight excluding hydrogens is 464 g/mol. The van der Waals surface area contributed by atoms with E-state index in [9.17, 15) is 0 Å². The fourth-order valence-electron chi connectivity index (χ4n) is 5.72. The van der Waals surface area contributed by atoms with Crippen molar-refractivity contribution >= 4 is 0 Å². The van der Waals surface area contributed by atoms with Gasteiger partial charge >= 0.3 is 204 Å². The summed E-state index contributed by atoms with van der Waals surface area (Å²) >= 11 is -0.631. The summed E-state index contributed by atoms with van der Waals surface area (Å²) in [6, 6.07) is 32.3. The monoisotopic (exact) mass is 490 g/mol. The van der Waals surface area contributed by atoms with Crippen LogP contribution in [0.5, 0.6) is 0 Å². The van der Waals surface area contributed by atoms with E-state index in [0.717, 1.165) is 12.8 Å². The molecule has 0 fully saturated rings. The Hall–Kier alpha value is -2.24. The Bertz CT molecular complexity index is 1200. The molecule has 0 nitrogen and oxygen atoms in total. The standard InChI is InChI=1S/C27H19.C4H9.Zr/c1-3-11-22-20(7-1)16-26-18(9-5-13-24(22)26)15-19-10-6-14-25-23-12-4-2-8-21(23)17-27(19)25;1-3-4-2;/h1-15H,16-17H2;1,3-4H2,2H3;. The molecule has 4 aromatic rings. The first-order chi connectivity index (χ1) is 15.8. The summed E-state index contributed by atoms with van der Waals surface area (Å²) in [7, 11) is 0. The van der Waals surface area contributed by atoms with E-state index in [1.165, 1.54) is 50.4 Å². The van der Waals surface area contributed by atoms with Crippen LogP contribution in [-0.2, 0) is 36.1 Å². The van der Waals surface area contributed by atoms with Gasteiger partial charge in [-0.2, -0.15) is 0 Å². The summed E-state index contributed by atoms with van der Waals surface area (Å²) in [4.78, 5) is 0. The zero-order valence-corrected chi connectivity index (χ0v) is 21.2. The Balaban J connectivity index is 1.48. The van der Waals surface area contributed by atoms with Gasteiger partial charge in [0.2, 0.25) is 0 Å². The van der Waals surface area contributed by atoms with E-state index in [1.54, 1.807) is 22.3 Å². The molecule has 0 unspecified atom stereocenters. The zero-order valence-electron chi connectivity index (χ0n) is 18.7. The van der Waals surface area contributed by atoms with Gasteiger partial charge in [0.1, 0.15) is 0 Å². The molecule has 1 heteroatoms. The summed E-state index contributed by atoms with van der Waals surface area (Å²) in [5.41, 5.74) is 15.3. The number of unbranched alkanes of at least 4 members (excludes halogenated alkanes) is 1. The van der Waals surface area contributed by atoms with Crippen LogP contribution < -0.4 is 0 Å². The number of rotatable bonds is 6. The van der Waals surface area contributed by atoms with Gasteiger partial charge in [0.25, 0.3) is 0 Å². The van der Waals surface area contributed by atoms with Crippen molar-refractivity contribution in [2.24, 2.45) is 0 Å². The summed E-state index contributed by atoms with van der Waals surface area (Å²) in [6.07, 6.45) is 4.89. The molecular formula is C31H28Zr. The first kappa shape index (κ1) is 20.4. The van der Waals surface area contributed by atoms with Crippen LogP contribution in [0.25, 0.3) is 22.3 Å². The SMILES string of the molecule is CCC[CH2][Zr][CH](c1cccc2c1Cc1ccccc1-2)c1cccc2c1Cc1ccccc1-2. The Kier molecular flexibility index (Phi) is 5.48. The van der Waals surface area contributed by atoms with E-state index in [1.807, 2.05) is 0 Å². The third-order valence-corrected chi connectivity index (χ3v) is 11.4. The summed E-state index contributed by atoms with van der Waals surface area (Å²) in [6.45, 7) is 2.34. The van der Waals surface area contributed by atoms with Crippen molar-refractivity contribution in [3.05, 3.63) is 118 Å². The van der Waals surface area contributed by atoms with Gasteiger partial charge in [0.15, 0.2) is 0 Å². The normalized spacial score (nSPS) is 12.9. The van der Waals surface area contributed by atoms with Crippen LogP contribution in [0, 0.1) is 0 Å². The second-order valence-corrected chi connectivity index (χ2v) is 12.8. The van der Waals surface area contributed by atoms with Crippen LogP contribution in [0.2, 0.25) is 4.13 Å². The van der Waals surface area contributed by atoms with Gasteiger partial charge in [-0.3, -0.25) is 0 Å². The molecule has 0 radical (unpaired) electrons. The maximum absolute atomic E-state index is 2.46. The van der Waals surface area contributed by atoms with Crippen molar-refractivity contribution in [2.45, 2.75) is 40.4 Å². The Labute approximate surface area is 203 Å². The average molecular weight is 492 g/mol. The molecule has 0 bridgehead atoms. The summed E-state index contributed by atoms with van der Waals surface area (Å²) in [5.74, 6) is 0. The van der Waals surface area contributed by atoms with Crippen molar-refractivity contribution in [2.75, 3.05) is 0 Å². The fraction of sp³-hybridized carbons (Fsp3) is 0.226. The van der Waals surface area contributed by atoms with Gasteiger partial charge in [-0.05, 0) is 0 Å². The summed E-state index contributed by atoms with van der Waals surface area (Å²) in [5, 5.41) is 0. The molecule has 4 aromatic carbocycles. The molecule has 32 heavy (non-hydrogen) atoms. The van der Waals surface area contributed by atoms with E-state index in [0.29, 0.717) is 3.63 Å². The number of hydrogen-bond donors (Lipinski definition) is 0. The van der Waals surface area contributed by atoms with Crippen LogP contribution in [0.1, 0.15) is 56.8 Å². The molecule has 0 aliphatic heterocycles. The van der Waals surface area contributed by atoms with Gasteiger partial charge in [0, 0.05) is 0 Å². The van der Waals surface area contributed by atoms with Crippen LogP contribution in [0.4, 0.5) is 0 Å². The van der Waals surface area contributed by atoms with Crippen LogP contribution in [-0.4, -0.2) is 0 Å². The van der Waals surface area contributed by atoms with Crippen molar-refractivity contribution in [3.8, 4) is 22.3 Å². The predicted molar refractivity (Wildman–Crippen MR) is 131 cm³/mol. The third kappa shape index (κ3) is 3.37. The number of fused-ring (bicyclic) bond motifs is 6. The first-order valence-corrected chi connectivity index (χ1v) is 15.1. The van der Waals surface area contributed by atoms with Crippen molar-refractivity contribution in [1.29, 1.82) is 0 Å². The second kappa shape index (κ2) is 8.60. The Morgan fingerprint density at radius 1 is 0.625 bits per heavy atom. The molecule has 0 aromatic heterocycles. The van der Waals surface area contributed by atoms with Gasteiger partial charge in [0.05, 0.1) is 0 Å². The molecule has 6 rings (SSSR count). The van der Waals surface area contributed by atoms with E-state index >= 15 is 0 Å². The minimum atomic E-state index is -0.631. The number of hydrogen-bond acceptors (Lipinski definition) is 0. The molecule has 0 spiro atoms. The molecule has 0 heterocycles. The topological polar surface area (TPSA) is 0 Å². The average Bonchev–Trinajstić information content (AvgIpc) is 3.41. The van der Waals surface area contributed by atoms with Crippen molar-refractivity contribution in [1.82, 2.24) is 0 Å². The minimum absolute atomic E-state index is 0.631. The quantitative estimate of drug-likeness (QED) is 0.206. The van der Waals surface area contributed by atoms with Crippen LogP contribution in [0.3, 0.4) is 0 Å². The van der Waals surface area contributed by atoms with Crippen LogP contribution in [0.15, 0.2) is 84.9 Å². The first-order valence-electron chi connectivity index (χ1n) is 12.0.